The first kappa shape index (κ1) is 15.3. The van der Waals surface area contributed by atoms with Crippen molar-refractivity contribution in [1.82, 2.24) is 10.2 Å². The van der Waals surface area contributed by atoms with Gasteiger partial charge in [0.25, 0.3) is 0 Å². The molecule has 4 rings (SSSR count). The number of nitriles is 1. The zero-order chi connectivity index (χ0) is 17.4. The average molecular weight is 350 g/mol. The number of rotatable bonds is 3. The minimum absolute atomic E-state index is 0.0834. The quantitative estimate of drug-likeness (QED) is 0.755. The van der Waals surface area contributed by atoms with Crippen molar-refractivity contribution in [2.45, 2.75) is 5.92 Å². The molecule has 0 amide bonds. The number of thiophene rings is 1. The molecule has 1 unspecified atom stereocenters. The van der Waals surface area contributed by atoms with E-state index in [1.807, 2.05) is 41.8 Å². The van der Waals surface area contributed by atoms with Crippen molar-refractivity contribution in [3.05, 3.63) is 64.4 Å². The first-order valence-electron chi connectivity index (χ1n) is 7.56. The third-order valence-corrected chi connectivity index (χ3v) is 5.04. The van der Waals surface area contributed by atoms with Gasteiger partial charge in [-0.2, -0.15) is 5.26 Å². The lowest BCUT2D eigenvalue weighted by molar-refractivity contribution is 0.379. The van der Waals surface area contributed by atoms with E-state index in [0.717, 1.165) is 27.4 Å². The van der Waals surface area contributed by atoms with Crippen LogP contribution in [0.1, 0.15) is 17.0 Å². The van der Waals surface area contributed by atoms with E-state index in [-0.39, 0.29) is 11.8 Å². The fourth-order valence-corrected chi connectivity index (χ4v) is 3.72. The lowest BCUT2D eigenvalue weighted by atomic mass is 9.84. The number of nitrogens with one attached hydrogen (secondary N) is 1. The molecule has 25 heavy (non-hydrogen) atoms. The van der Waals surface area contributed by atoms with Gasteiger partial charge in [-0.05, 0) is 29.1 Å². The fourth-order valence-electron chi connectivity index (χ4n) is 2.98. The SMILES string of the molecule is COc1ccc(C2C(C#N)=C(N)Oc3n[nH]c(-c4cccs4)c32)cc1. The van der Waals surface area contributed by atoms with Gasteiger partial charge in [-0.15, -0.1) is 16.4 Å². The Kier molecular flexibility index (Phi) is 3.67. The van der Waals surface area contributed by atoms with Gasteiger partial charge in [0.15, 0.2) is 0 Å². The number of allylic oxidation sites excluding steroid dienone is 1. The smallest absolute Gasteiger partial charge is 0.244 e. The highest BCUT2D eigenvalue weighted by Gasteiger charge is 2.35. The van der Waals surface area contributed by atoms with Crippen molar-refractivity contribution in [3.8, 4) is 28.3 Å². The summed E-state index contributed by atoms with van der Waals surface area (Å²) >= 11 is 1.59. The van der Waals surface area contributed by atoms with Crippen LogP contribution < -0.4 is 15.2 Å². The molecule has 6 nitrogen and oxygen atoms in total. The molecule has 1 aromatic carbocycles. The Hall–Kier alpha value is -3.24. The van der Waals surface area contributed by atoms with Gasteiger partial charge in [-0.25, -0.2) is 0 Å². The molecular weight excluding hydrogens is 336 g/mol. The molecule has 1 aliphatic rings. The van der Waals surface area contributed by atoms with E-state index >= 15 is 0 Å². The van der Waals surface area contributed by atoms with Gasteiger partial charge in [0.2, 0.25) is 11.8 Å². The Labute approximate surface area is 148 Å². The molecule has 0 saturated carbocycles. The van der Waals surface area contributed by atoms with E-state index in [1.165, 1.54) is 0 Å². The maximum absolute atomic E-state index is 9.66. The predicted molar refractivity (Wildman–Crippen MR) is 94.2 cm³/mol. The van der Waals surface area contributed by atoms with E-state index in [2.05, 4.69) is 16.3 Å². The number of hydrogen-bond acceptors (Lipinski definition) is 6. The number of fused-ring (bicyclic) bond motifs is 1. The predicted octanol–water partition coefficient (Wildman–Crippen LogP) is 3.36. The lowest BCUT2D eigenvalue weighted by Gasteiger charge is -2.24. The number of aromatic nitrogens is 2. The number of hydrogen-bond donors (Lipinski definition) is 2. The second-order valence-corrected chi connectivity index (χ2v) is 6.44. The van der Waals surface area contributed by atoms with Crippen molar-refractivity contribution in [2.75, 3.05) is 7.11 Å². The summed E-state index contributed by atoms with van der Waals surface area (Å²) in [6, 6.07) is 13.7. The van der Waals surface area contributed by atoms with Crippen LogP contribution in [0.4, 0.5) is 0 Å². The summed E-state index contributed by atoms with van der Waals surface area (Å²) in [7, 11) is 1.62. The summed E-state index contributed by atoms with van der Waals surface area (Å²) in [5, 5.41) is 18.9. The highest BCUT2D eigenvalue weighted by molar-refractivity contribution is 7.13. The number of methoxy groups -OCH3 is 1. The van der Waals surface area contributed by atoms with Crippen LogP contribution in [0.3, 0.4) is 0 Å². The van der Waals surface area contributed by atoms with E-state index < -0.39 is 0 Å². The molecule has 0 radical (unpaired) electrons. The zero-order valence-corrected chi connectivity index (χ0v) is 14.1. The minimum Gasteiger partial charge on any atom is -0.497 e. The molecule has 0 spiro atoms. The molecule has 3 heterocycles. The summed E-state index contributed by atoms with van der Waals surface area (Å²) in [6.45, 7) is 0. The van der Waals surface area contributed by atoms with Crippen molar-refractivity contribution in [3.63, 3.8) is 0 Å². The van der Waals surface area contributed by atoms with Crippen molar-refractivity contribution in [1.29, 1.82) is 5.26 Å². The standard InChI is InChI=1S/C18H14N4O2S/c1-23-11-6-4-10(5-7-11)14-12(9-19)17(20)24-18-15(14)16(21-22-18)13-3-2-8-25-13/h2-8,14H,20H2,1H3,(H,21,22). The Morgan fingerprint density at radius 2 is 2.12 bits per heavy atom. The minimum atomic E-state index is -0.351. The summed E-state index contributed by atoms with van der Waals surface area (Å²) in [6.07, 6.45) is 0. The molecule has 1 aliphatic heterocycles. The second kappa shape index (κ2) is 6.00. The normalized spacial score (nSPS) is 16.1. The summed E-state index contributed by atoms with van der Waals surface area (Å²) in [5.41, 5.74) is 8.92. The molecule has 0 saturated heterocycles. The maximum atomic E-state index is 9.66. The van der Waals surface area contributed by atoms with E-state index in [0.29, 0.717) is 11.5 Å². The number of nitrogens with two attached hydrogens (primary N) is 1. The van der Waals surface area contributed by atoms with Crippen LogP contribution >= 0.6 is 11.3 Å². The third-order valence-electron chi connectivity index (χ3n) is 4.16. The van der Waals surface area contributed by atoms with Gasteiger partial charge >= 0.3 is 0 Å². The van der Waals surface area contributed by atoms with E-state index in [9.17, 15) is 5.26 Å². The lowest BCUT2D eigenvalue weighted by Crippen LogP contribution is -2.20. The third kappa shape index (κ3) is 2.44. The van der Waals surface area contributed by atoms with Gasteiger partial charge in [0, 0.05) is 0 Å². The van der Waals surface area contributed by atoms with Gasteiger partial charge < -0.3 is 15.2 Å². The number of aromatic amines is 1. The van der Waals surface area contributed by atoms with Crippen LogP contribution in [0, 0.1) is 11.3 Å². The van der Waals surface area contributed by atoms with Crippen molar-refractivity contribution in [2.24, 2.45) is 5.73 Å². The van der Waals surface area contributed by atoms with Crippen molar-refractivity contribution >= 4 is 11.3 Å². The second-order valence-electron chi connectivity index (χ2n) is 5.49. The van der Waals surface area contributed by atoms with Gasteiger partial charge in [-0.3, -0.25) is 5.10 Å². The first-order valence-corrected chi connectivity index (χ1v) is 8.44. The van der Waals surface area contributed by atoms with Gasteiger partial charge in [0.1, 0.15) is 17.4 Å². The highest BCUT2D eigenvalue weighted by Crippen LogP contribution is 2.46. The van der Waals surface area contributed by atoms with Crippen LogP contribution in [-0.2, 0) is 0 Å². The fraction of sp³-hybridized carbons (Fsp3) is 0.111. The van der Waals surface area contributed by atoms with Crippen LogP contribution in [-0.4, -0.2) is 17.3 Å². The highest BCUT2D eigenvalue weighted by atomic mass is 32.1. The Bertz CT molecular complexity index is 981. The van der Waals surface area contributed by atoms with E-state index in [4.69, 9.17) is 15.2 Å². The topological polar surface area (TPSA) is 96.9 Å². The Morgan fingerprint density at radius 1 is 1.32 bits per heavy atom. The Morgan fingerprint density at radius 3 is 2.76 bits per heavy atom. The number of benzene rings is 1. The Balaban J connectivity index is 1.92. The molecular formula is C18H14N4O2S. The monoisotopic (exact) mass is 350 g/mol. The summed E-state index contributed by atoms with van der Waals surface area (Å²) < 4.78 is 10.8. The molecule has 0 fully saturated rings. The maximum Gasteiger partial charge on any atom is 0.244 e. The van der Waals surface area contributed by atoms with Crippen LogP contribution in [0.25, 0.3) is 10.6 Å². The largest absolute Gasteiger partial charge is 0.497 e. The van der Waals surface area contributed by atoms with Gasteiger partial charge in [-0.1, -0.05) is 18.2 Å². The molecule has 124 valence electrons. The number of ether oxygens (including phenoxy) is 2. The molecule has 3 aromatic rings. The number of nitrogens with zero attached hydrogens (tertiary/aromatic N) is 2. The molecule has 3 N–H and O–H groups in total. The van der Waals surface area contributed by atoms with Gasteiger partial charge in [0.05, 0.1) is 29.2 Å². The van der Waals surface area contributed by atoms with Crippen LogP contribution in [0.15, 0.2) is 53.2 Å². The molecule has 7 heteroatoms. The molecule has 0 aliphatic carbocycles. The number of H-pyrrole nitrogens is 1. The van der Waals surface area contributed by atoms with Crippen LogP contribution in [0.5, 0.6) is 11.6 Å². The summed E-state index contributed by atoms with van der Waals surface area (Å²) in [5.74, 6) is 0.883. The van der Waals surface area contributed by atoms with E-state index in [1.54, 1.807) is 18.4 Å². The molecule has 2 aromatic heterocycles. The first-order chi connectivity index (χ1) is 12.2. The van der Waals surface area contributed by atoms with Crippen molar-refractivity contribution < 1.29 is 9.47 Å². The summed E-state index contributed by atoms with van der Waals surface area (Å²) in [4.78, 5) is 1.02. The molecule has 0 bridgehead atoms. The van der Waals surface area contributed by atoms with Crippen LogP contribution in [0.2, 0.25) is 0 Å². The average Bonchev–Trinajstić information content (AvgIpc) is 3.30. The molecule has 1 atom stereocenters. The zero-order valence-electron chi connectivity index (χ0n) is 13.3.